The highest BCUT2D eigenvalue weighted by molar-refractivity contribution is 6.01. The molecule has 3 N–H and O–H groups in total. The van der Waals surface area contributed by atoms with Gasteiger partial charge in [-0.05, 0) is 24.6 Å². The molecular formula is C13H15FN2O3. The summed E-state index contributed by atoms with van der Waals surface area (Å²) in [5, 5.41) is 14.6. The molecule has 1 aliphatic heterocycles. The number of carbonyl (C=O) groups excluding carboxylic acids is 1. The molecule has 2 atom stereocenters. The third-order valence-corrected chi connectivity index (χ3v) is 3.34. The summed E-state index contributed by atoms with van der Waals surface area (Å²) in [7, 11) is 0. The average molecular weight is 266 g/mol. The molecule has 1 aromatic rings. The fourth-order valence-electron chi connectivity index (χ4n) is 2.23. The molecular weight excluding hydrogens is 251 g/mol. The van der Waals surface area contributed by atoms with Gasteiger partial charge in [0.1, 0.15) is 11.4 Å². The van der Waals surface area contributed by atoms with Crippen LogP contribution in [0.2, 0.25) is 0 Å². The van der Waals surface area contributed by atoms with E-state index in [2.05, 4.69) is 10.6 Å². The first-order chi connectivity index (χ1) is 9.00. The van der Waals surface area contributed by atoms with Gasteiger partial charge < -0.3 is 15.7 Å². The third-order valence-electron chi connectivity index (χ3n) is 3.34. The van der Waals surface area contributed by atoms with Crippen molar-refractivity contribution < 1.29 is 19.1 Å². The summed E-state index contributed by atoms with van der Waals surface area (Å²) >= 11 is 0. The molecule has 1 aliphatic rings. The molecule has 0 radical (unpaired) electrons. The highest BCUT2D eigenvalue weighted by Gasteiger charge is 2.30. The van der Waals surface area contributed by atoms with Crippen molar-refractivity contribution in [2.75, 3.05) is 18.4 Å². The van der Waals surface area contributed by atoms with E-state index >= 15 is 0 Å². The monoisotopic (exact) mass is 266 g/mol. The number of carboxylic acids is 1. The molecule has 0 unspecified atom stereocenters. The predicted molar refractivity (Wildman–Crippen MR) is 67.5 cm³/mol. The molecule has 1 fully saturated rings. The number of hydrogen-bond donors (Lipinski definition) is 3. The Morgan fingerprint density at radius 2 is 2.16 bits per heavy atom. The molecule has 6 heteroatoms. The van der Waals surface area contributed by atoms with Crippen molar-refractivity contribution >= 4 is 17.6 Å². The molecule has 0 aromatic heterocycles. The second kappa shape index (κ2) is 5.36. The van der Waals surface area contributed by atoms with E-state index in [4.69, 9.17) is 5.11 Å². The molecule has 102 valence electrons. The van der Waals surface area contributed by atoms with Crippen LogP contribution in [0.1, 0.15) is 17.3 Å². The largest absolute Gasteiger partial charge is 0.478 e. The molecule has 0 aliphatic carbocycles. The van der Waals surface area contributed by atoms with Crippen LogP contribution in [0.5, 0.6) is 0 Å². The molecule has 0 bridgehead atoms. The maximum absolute atomic E-state index is 13.5. The summed E-state index contributed by atoms with van der Waals surface area (Å²) in [5.74, 6) is -2.61. The van der Waals surface area contributed by atoms with Crippen LogP contribution in [0.4, 0.5) is 10.1 Å². The fraction of sp³-hybridized carbons (Fsp3) is 0.385. The Morgan fingerprint density at radius 1 is 1.42 bits per heavy atom. The Labute approximate surface area is 109 Å². The number of rotatable bonds is 3. The Morgan fingerprint density at radius 3 is 2.74 bits per heavy atom. The molecule has 1 heterocycles. The summed E-state index contributed by atoms with van der Waals surface area (Å²) in [6.07, 6.45) is 0. The maximum atomic E-state index is 13.5. The lowest BCUT2D eigenvalue weighted by Gasteiger charge is -2.15. The quantitative estimate of drug-likeness (QED) is 0.771. The molecule has 1 saturated heterocycles. The lowest BCUT2D eigenvalue weighted by atomic mass is 9.97. The first-order valence-electron chi connectivity index (χ1n) is 6.04. The van der Waals surface area contributed by atoms with E-state index in [9.17, 15) is 14.0 Å². The second-order valence-corrected chi connectivity index (χ2v) is 4.70. The lowest BCUT2D eigenvalue weighted by molar-refractivity contribution is -0.120. The van der Waals surface area contributed by atoms with Crippen molar-refractivity contribution in [1.82, 2.24) is 5.32 Å². The topological polar surface area (TPSA) is 78.4 Å². The van der Waals surface area contributed by atoms with Gasteiger partial charge in [-0.15, -0.1) is 0 Å². The molecule has 5 nitrogen and oxygen atoms in total. The lowest BCUT2D eigenvalue weighted by Crippen LogP contribution is -2.28. The van der Waals surface area contributed by atoms with Crippen LogP contribution < -0.4 is 10.6 Å². The molecule has 19 heavy (non-hydrogen) atoms. The van der Waals surface area contributed by atoms with Crippen LogP contribution in [0.25, 0.3) is 0 Å². The molecule has 0 spiro atoms. The Kier molecular flexibility index (Phi) is 3.80. The molecule has 0 saturated carbocycles. The van der Waals surface area contributed by atoms with E-state index < -0.39 is 17.3 Å². The van der Waals surface area contributed by atoms with Gasteiger partial charge in [0.25, 0.3) is 0 Å². The van der Waals surface area contributed by atoms with E-state index in [0.29, 0.717) is 6.54 Å². The standard InChI is InChI=1S/C13H15FN2O3/c1-7-5-15-6-8(7)12(17)16-10-4-2-3-9(14)11(10)13(18)19/h2-4,7-8,15H,5-6H2,1H3,(H,16,17)(H,18,19)/t7-,8-/m1/s1. The first kappa shape index (κ1) is 13.5. The number of hydrogen-bond acceptors (Lipinski definition) is 3. The van der Waals surface area contributed by atoms with Gasteiger partial charge in [0.15, 0.2) is 0 Å². The minimum Gasteiger partial charge on any atom is -0.478 e. The summed E-state index contributed by atoms with van der Waals surface area (Å²) in [4.78, 5) is 23.1. The van der Waals surface area contributed by atoms with Crippen LogP contribution in [-0.4, -0.2) is 30.1 Å². The smallest absolute Gasteiger partial charge is 0.340 e. The Balaban J connectivity index is 2.21. The second-order valence-electron chi connectivity index (χ2n) is 4.70. The summed E-state index contributed by atoms with van der Waals surface area (Å²) in [5.41, 5.74) is -0.508. The summed E-state index contributed by atoms with van der Waals surface area (Å²) < 4.78 is 13.5. The van der Waals surface area contributed by atoms with Gasteiger partial charge in [-0.25, -0.2) is 9.18 Å². The fourth-order valence-corrected chi connectivity index (χ4v) is 2.23. The van der Waals surface area contributed by atoms with Crippen molar-refractivity contribution in [3.63, 3.8) is 0 Å². The first-order valence-corrected chi connectivity index (χ1v) is 6.04. The van der Waals surface area contributed by atoms with Crippen LogP contribution in [-0.2, 0) is 4.79 Å². The van der Waals surface area contributed by atoms with E-state index in [1.165, 1.54) is 12.1 Å². The number of carbonyl (C=O) groups is 2. The maximum Gasteiger partial charge on any atom is 0.340 e. The van der Waals surface area contributed by atoms with Gasteiger partial charge in [0.05, 0.1) is 11.6 Å². The number of anilines is 1. The number of aromatic carboxylic acids is 1. The van der Waals surface area contributed by atoms with Crippen LogP contribution in [0, 0.1) is 17.7 Å². The molecule has 1 amide bonds. The molecule has 1 aromatic carbocycles. The summed E-state index contributed by atoms with van der Waals surface area (Å²) in [6, 6.07) is 3.81. The van der Waals surface area contributed by atoms with Gasteiger partial charge in [-0.2, -0.15) is 0 Å². The van der Waals surface area contributed by atoms with E-state index in [-0.39, 0.29) is 23.4 Å². The van der Waals surface area contributed by atoms with Crippen LogP contribution in [0.3, 0.4) is 0 Å². The van der Waals surface area contributed by atoms with Crippen molar-refractivity contribution in [1.29, 1.82) is 0 Å². The van der Waals surface area contributed by atoms with Crippen molar-refractivity contribution in [2.24, 2.45) is 11.8 Å². The van der Waals surface area contributed by atoms with Crippen LogP contribution >= 0.6 is 0 Å². The number of nitrogens with one attached hydrogen (secondary N) is 2. The van der Waals surface area contributed by atoms with Crippen molar-refractivity contribution in [3.8, 4) is 0 Å². The number of benzene rings is 1. The van der Waals surface area contributed by atoms with E-state index in [1.54, 1.807) is 0 Å². The highest BCUT2D eigenvalue weighted by Crippen LogP contribution is 2.22. The van der Waals surface area contributed by atoms with Gasteiger partial charge in [0.2, 0.25) is 5.91 Å². The van der Waals surface area contributed by atoms with Crippen molar-refractivity contribution in [2.45, 2.75) is 6.92 Å². The number of carboxylic acid groups (broad SMARTS) is 1. The summed E-state index contributed by atoms with van der Waals surface area (Å²) in [6.45, 7) is 3.23. The van der Waals surface area contributed by atoms with E-state index in [0.717, 1.165) is 12.6 Å². The van der Waals surface area contributed by atoms with E-state index in [1.807, 2.05) is 6.92 Å². The Bertz CT molecular complexity index is 519. The number of amides is 1. The van der Waals surface area contributed by atoms with Crippen molar-refractivity contribution in [3.05, 3.63) is 29.6 Å². The SMILES string of the molecule is C[C@@H]1CNC[C@H]1C(=O)Nc1cccc(F)c1C(=O)O. The van der Waals surface area contributed by atoms with Gasteiger partial charge in [0, 0.05) is 6.54 Å². The van der Waals surface area contributed by atoms with Gasteiger partial charge in [-0.3, -0.25) is 4.79 Å². The normalized spacial score (nSPS) is 22.2. The van der Waals surface area contributed by atoms with Crippen LogP contribution in [0.15, 0.2) is 18.2 Å². The Hall–Kier alpha value is -1.95. The zero-order valence-electron chi connectivity index (χ0n) is 10.4. The molecule has 2 rings (SSSR count). The van der Waals surface area contributed by atoms with Gasteiger partial charge >= 0.3 is 5.97 Å². The average Bonchev–Trinajstić information content (AvgIpc) is 2.75. The van der Waals surface area contributed by atoms with Gasteiger partial charge in [-0.1, -0.05) is 13.0 Å². The minimum absolute atomic E-state index is 0.00315. The minimum atomic E-state index is -1.40. The highest BCUT2D eigenvalue weighted by atomic mass is 19.1. The zero-order chi connectivity index (χ0) is 14.0. The number of halogens is 1. The predicted octanol–water partition coefficient (Wildman–Crippen LogP) is 1.32. The third kappa shape index (κ3) is 2.73. The zero-order valence-corrected chi connectivity index (χ0v) is 10.4.